The van der Waals surface area contributed by atoms with Crippen LogP contribution in [0.4, 0.5) is 0 Å². The largest absolute Gasteiger partial charge is 0.299 e. The van der Waals surface area contributed by atoms with Gasteiger partial charge in [0.2, 0.25) is 0 Å². The molecule has 16 heavy (non-hydrogen) atoms. The van der Waals surface area contributed by atoms with Crippen LogP contribution in [0.1, 0.15) is 33.1 Å². The maximum absolute atomic E-state index is 11.4. The van der Waals surface area contributed by atoms with Gasteiger partial charge in [-0.15, -0.1) is 11.8 Å². The topological polar surface area (TPSA) is 17.1 Å². The number of carbonyl (C=O) groups excluding carboxylic acids is 1. The third kappa shape index (κ3) is 5.36. The lowest BCUT2D eigenvalue weighted by atomic mass is 10.0. The van der Waals surface area contributed by atoms with Gasteiger partial charge in [0, 0.05) is 17.2 Å². The van der Waals surface area contributed by atoms with Gasteiger partial charge in [0.1, 0.15) is 5.78 Å². The van der Waals surface area contributed by atoms with Crippen LogP contribution in [-0.2, 0) is 4.79 Å². The Kier molecular flexibility index (Phi) is 6.24. The lowest BCUT2D eigenvalue weighted by Crippen LogP contribution is -2.06. The summed E-state index contributed by atoms with van der Waals surface area (Å²) in [4.78, 5) is 12.7. The van der Waals surface area contributed by atoms with Gasteiger partial charge in [-0.2, -0.15) is 0 Å². The van der Waals surface area contributed by atoms with Gasteiger partial charge in [0.15, 0.2) is 0 Å². The van der Waals surface area contributed by atoms with Crippen molar-refractivity contribution in [3.8, 4) is 0 Å². The van der Waals surface area contributed by atoms with Gasteiger partial charge in [0.05, 0.1) is 0 Å². The molecule has 0 aliphatic carbocycles. The molecule has 0 aliphatic heterocycles. The quantitative estimate of drug-likeness (QED) is 0.522. The molecule has 1 aromatic rings. The van der Waals surface area contributed by atoms with Crippen LogP contribution in [0.2, 0.25) is 0 Å². The molecule has 2 heteroatoms. The highest BCUT2D eigenvalue weighted by Gasteiger charge is 2.05. The Labute approximate surface area is 103 Å². The highest BCUT2D eigenvalue weighted by molar-refractivity contribution is 7.99. The van der Waals surface area contributed by atoms with Gasteiger partial charge in [-0.1, -0.05) is 32.0 Å². The monoisotopic (exact) mass is 236 g/mol. The Bertz CT molecular complexity index is 306. The summed E-state index contributed by atoms with van der Waals surface area (Å²) in [5.74, 6) is 1.70. The van der Waals surface area contributed by atoms with Gasteiger partial charge in [-0.05, 0) is 30.7 Å². The van der Waals surface area contributed by atoms with E-state index < -0.39 is 0 Å². The Morgan fingerprint density at radius 2 is 1.88 bits per heavy atom. The predicted molar refractivity (Wildman–Crippen MR) is 70.9 cm³/mol. The van der Waals surface area contributed by atoms with E-state index >= 15 is 0 Å². The van der Waals surface area contributed by atoms with Crippen LogP contribution in [0, 0.1) is 5.92 Å². The third-order valence-electron chi connectivity index (χ3n) is 2.47. The highest BCUT2D eigenvalue weighted by Crippen LogP contribution is 2.19. The van der Waals surface area contributed by atoms with Crippen LogP contribution in [0.15, 0.2) is 35.2 Å². The van der Waals surface area contributed by atoms with Gasteiger partial charge >= 0.3 is 0 Å². The number of hydrogen-bond acceptors (Lipinski definition) is 2. The molecule has 1 rings (SSSR count). The van der Waals surface area contributed by atoms with Crippen molar-refractivity contribution < 1.29 is 4.79 Å². The van der Waals surface area contributed by atoms with Crippen LogP contribution < -0.4 is 0 Å². The highest BCUT2D eigenvalue weighted by atomic mass is 32.2. The first kappa shape index (κ1) is 13.3. The molecule has 0 aliphatic rings. The van der Waals surface area contributed by atoms with Crippen LogP contribution in [0.25, 0.3) is 0 Å². The summed E-state index contributed by atoms with van der Waals surface area (Å²) in [6.45, 7) is 3.95. The second-order valence-electron chi connectivity index (χ2n) is 4.24. The minimum atomic E-state index is 0.196. The van der Waals surface area contributed by atoms with E-state index in [0.717, 1.165) is 25.0 Å². The van der Waals surface area contributed by atoms with Gasteiger partial charge in [-0.3, -0.25) is 4.79 Å². The standard InChI is InChI=1S/C14H20OS/c1-12(2)14(15)10-6-7-11-16-13-8-4-3-5-9-13/h3-5,8-9,12H,6-7,10-11H2,1-2H3. The molecule has 0 bridgehead atoms. The Morgan fingerprint density at radius 1 is 1.19 bits per heavy atom. The molecular formula is C14H20OS. The number of thioether (sulfide) groups is 1. The maximum Gasteiger partial charge on any atom is 0.135 e. The fourth-order valence-corrected chi connectivity index (χ4v) is 2.33. The molecule has 0 amide bonds. The molecule has 0 heterocycles. The van der Waals surface area contributed by atoms with E-state index in [-0.39, 0.29) is 5.92 Å². The second kappa shape index (κ2) is 7.50. The van der Waals surface area contributed by atoms with Crippen LogP contribution in [0.3, 0.4) is 0 Å². The number of unbranched alkanes of at least 4 members (excludes halogenated alkanes) is 1. The fraction of sp³-hybridized carbons (Fsp3) is 0.500. The van der Waals surface area contributed by atoms with Crippen molar-refractivity contribution in [3.63, 3.8) is 0 Å². The minimum absolute atomic E-state index is 0.196. The van der Waals surface area contributed by atoms with Crippen molar-refractivity contribution in [1.82, 2.24) is 0 Å². The lowest BCUT2D eigenvalue weighted by Gasteiger charge is -2.04. The Morgan fingerprint density at radius 3 is 2.50 bits per heavy atom. The minimum Gasteiger partial charge on any atom is -0.299 e. The molecule has 1 nitrogen and oxygen atoms in total. The van der Waals surface area contributed by atoms with Gasteiger partial charge < -0.3 is 0 Å². The number of hydrogen-bond donors (Lipinski definition) is 0. The molecule has 0 radical (unpaired) electrons. The summed E-state index contributed by atoms with van der Waals surface area (Å²) in [7, 11) is 0. The van der Waals surface area contributed by atoms with Crippen molar-refractivity contribution in [3.05, 3.63) is 30.3 Å². The normalized spacial score (nSPS) is 10.7. The first-order valence-electron chi connectivity index (χ1n) is 5.90. The Hall–Kier alpha value is -0.760. The molecular weight excluding hydrogens is 216 g/mol. The first-order chi connectivity index (χ1) is 7.70. The summed E-state index contributed by atoms with van der Waals surface area (Å²) in [6, 6.07) is 10.4. The molecule has 1 aromatic carbocycles. The molecule has 0 atom stereocenters. The average Bonchev–Trinajstić information content (AvgIpc) is 2.29. The molecule has 0 unspecified atom stereocenters. The molecule has 0 N–H and O–H groups in total. The van der Waals surface area contributed by atoms with E-state index in [1.807, 2.05) is 31.7 Å². The van der Waals surface area contributed by atoms with Crippen molar-refractivity contribution in [2.45, 2.75) is 38.0 Å². The Balaban J connectivity index is 2.07. The van der Waals surface area contributed by atoms with E-state index in [0.29, 0.717) is 5.78 Å². The summed E-state index contributed by atoms with van der Waals surface area (Å²) in [6.07, 6.45) is 2.89. The van der Waals surface area contributed by atoms with Crippen LogP contribution in [-0.4, -0.2) is 11.5 Å². The molecule has 88 valence electrons. The molecule has 0 spiro atoms. The zero-order valence-electron chi connectivity index (χ0n) is 10.1. The van der Waals surface area contributed by atoms with Crippen LogP contribution >= 0.6 is 11.8 Å². The predicted octanol–water partition coefficient (Wildman–Crippen LogP) is 4.17. The lowest BCUT2D eigenvalue weighted by molar-refractivity contribution is -0.121. The number of rotatable bonds is 7. The van der Waals surface area contributed by atoms with E-state index in [9.17, 15) is 4.79 Å². The van der Waals surface area contributed by atoms with E-state index in [2.05, 4.69) is 24.3 Å². The van der Waals surface area contributed by atoms with E-state index in [1.165, 1.54) is 4.90 Å². The number of carbonyl (C=O) groups is 1. The smallest absolute Gasteiger partial charge is 0.135 e. The van der Waals surface area contributed by atoms with Crippen molar-refractivity contribution in [2.75, 3.05) is 5.75 Å². The second-order valence-corrected chi connectivity index (χ2v) is 5.41. The summed E-state index contributed by atoms with van der Waals surface area (Å²) < 4.78 is 0. The van der Waals surface area contributed by atoms with E-state index in [4.69, 9.17) is 0 Å². The molecule has 0 saturated carbocycles. The fourth-order valence-electron chi connectivity index (χ4n) is 1.40. The molecule has 0 saturated heterocycles. The molecule has 0 aromatic heterocycles. The molecule has 0 fully saturated rings. The SMILES string of the molecule is CC(C)C(=O)CCCCSc1ccccc1. The van der Waals surface area contributed by atoms with Gasteiger partial charge in [0.25, 0.3) is 0 Å². The average molecular weight is 236 g/mol. The maximum atomic E-state index is 11.4. The summed E-state index contributed by atoms with van der Waals surface area (Å²) >= 11 is 1.87. The number of Topliss-reactive ketones (excluding diaryl/α,β-unsaturated/α-hetero) is 1. The summed E-state index contributed by atoms with van der Waals surface area (Å²) in [5.41, 5.74) is 0. The summed E-state index contributed by atoms with van der Waals surface area (Å²) in [5, 5.41) is 0. The van der Waals surface area contributed by atoms with Crippen molar-refractivity contribution in [2.24, 2.45) is 5.92 Å². The van der Waals surface area contributed by atoms with Crippen LogP contribution in [0.5, 0.6) is 0 Å². The first-order valence-corrected chi connectivity index (χ1v) is 6.89. The zero-order valence-corrected chi connectivity index (χ0v) is 10.9. The van der Waals surface area contributed by atoms with E-state index in [1.54, 1.807) is 0 Å². The van der Waals surface area contributed by atoms with Gasteiger partial charge in [-0.25, -0.2) is 0 Å². The van der Waals surface area contributed by atoms with Crippen molar-refractivity contribution in [1.29, 1.82) is 0 Å². The van der Waals surface area contributed by atoms with Crippen molar-refractivity contribution >= 4 is 17.5 Å². The number of benzene rings is 1. The zero-order chi connectivity index (χ0) is 11.8. The third-order valence-corrected chi connectivity index (χ3v) is 3.57. The number of ketones is 1.